The minimum atomic E-state index is -4.60. The third kappa shape index (κ3) is 4.85. The smallest absolute Gasteiger partial charge is 0.207 e. The highest BCUT2D eigenvalue weighted by Gasteiger charge is 2.32. The molecule has 0 unspecified atom stereocenters. The summed E-state index contributed by atoms with van der Waals surface area (Å²) >= 11 is 2.80. The molecule has 0 aliphatic carbocycles. The van der Waals surface area contributed by atoms with Crippen molar-refractivity contribution in [3.8, 4) is 0 Å². The van der Waals surface area contributed by atoms with Crippen LogP contribution in [0.15, 0.2) is 27.6 Å². The second-order valence-corrected chi connectivity index (χ2v) is 5.97. The number of benzene rings is 1. The van der Waals surface area contributed by atoms with Gasteiger partial charge in [0, 0.05) is 15.2 Å². The van der Waals surface area contributed by atoms with Gasteiger partial charge in [-0.25, -0.2) is 8.42 Å². The Morgan fingerprint density at radius 3 is 2.06 bits per heavy atom. The molecule has 0 atom stereocenters. The van der Waals surface area contributed by atoms with Gasteiger partial charge in [-0.15, -0.1) is 0 Å². The molecule has 0 N–H and O–H groups in total. The van der Waals surface area contributed by atoms with Crippen LogP contribution in [0.1, 0.15) is 19.4 Å². The molecule has 17 heavy (non-hydrogen) atoms. The molecule has 0 fully saturated rings. The molecule has 1 rings (SSSR count). The second-order valence-electron chi connectivity index (χ2n) is 2.58. The van der Waals surface area contributed by atoms with E-state index < -0.39 is 25.7 Å². The predicted molar refractivity (Wildman–Crippen MR) is 63.5 cm³/mol. The van der Waals surface area contributed by atoms with Crippen LogP contribution >= 0.6 is 26.6 Å². The van der Waals surface area contributed by atoms with E-state index >= 15 is 0 Å². The number of halogens is 5. The first-order chi connectivity index (χ1) is 7.62. The minimum Gasteiger partial charge on any atom is -0.207 e. The van der Waals surface area contributed by atoms with Crippen LogP contribution in [-0.4, -0.2) is 8.42 Å². The third-order valence-corrected chi connectivity index (χ3v) is 3.84. The molecule has 0 bridgehead atoms. The monoisotopic (exact) mass is 352 g/mol. The Balaban J connectivity index is 0.00000121. The summed E-state index contributed by atoms with van der Waals surface area (Å²) in [5.41, 5.74) is -1.06. The molecule has 0 spiro atoms. The van der Waals surface area contributed by atoms with E-state index in [-0.39, 0.29) is 4.47 Å². The van der Waals surface area contributed by atoms with E-state index in [9.17, 15) is 21.6 Å². The topological polar surface area (TPSA) is 34.1 Å². The molecule has 8 heteroatoms. The van der Waals surface area contributed by atoms with Crippen LogP contribution in [0.3, 0.4) is 0 Å². The molecular weight excluding hydrogens is 345 g/mol. The lowest BCUT2D eigenvalue weighted by Gasteiger charge is -2.08. The van der Waals surface area contributed by atoms with E-state index in [0.717, 1.165) is 12.1 Å². The molecule has 0 aromatic heterocycles. The standard InChI is InChI=1S/C7H3BrClF3O2S.C2H6/c8-5-2-1-4(7(10,11)12)3-6(5)15(9,13)14;1-2/h1-3H;1-2H3. The van der Waals surface area contributed by atoms with Gasteiger partial charge in [0.15, 0.2) is 0 Å². The molecule has 0 aliphatic rings. The SMILES string of the molecule is CC.O=S(=O)(Cl)c1cc(C(F)(F)F)ccc1Br. The van der Waals surface area contributed by atoms with Crippen molar-refractivity contribution >= 4 is 35.7 Å². The van der Waals surface area contributed by atoms with Crippen LogP contribution in [-0.2, 0) is 15.2 Å². The van der Waals surface area contributed by atoms with E-state index in [1.807, 2.05) is 13.8 Å². The quantitative estimate of drug-likeness (QED) is 0.700. The van der Waals surface area contributed by atoms with Crippen molar-refractivity contribution in [2.24, 2.45) is 0 Å². The summed E-state index contributed by atoms with van der Waals surface area (Å²) in [6, 6.07) is 2.22. The van der Waals surface area contributed by atoms with Gasteiger partial charge in [0.05, 0.1) is 10.5 Å². The van der Waals surface area contributed by atoms with Crippen LogP contribution in [0.4, 0.5) is 13.2 Å². The zero-order valence-electron chi connectivity index (χ0n) is 8.85. The van der Waals surface area contributed by atoms with Gasteiger partial charge in [-0.2, -0.15) is 13.2 Å². The summed E-state index contributed by atoms with van der Waals surface area (Å²) in [6.45, 7) is 4.00. The fourth-order valence-electron chi connectivity index (χ4n) is 0.867. The normalized spacial score (nSPS) is 11.7. The molecule has 0 aliphatic heterocycles. The first-order valence-electron chi connectivity index (χ1n) is 4.44. The molecular formula is C9H9BrClF3O2S. The van der Waals surface area contributed by atoms with E-state index in [1.54, 1.807) is 0 Å². The van der Waals surface area contributed by atoms with Crippen molar-refractivity contribution in [3.63, 3.8) is 0 Å². The summed E-state index contributed by atoms with van der Waals surface area (Å²) in [6.07, 6.45) is -4.60. The van der Waals surface area contributed by atoms with Gasteiger partial charge in [-0.05, 0) is 34.1 Å². The van der Waals surface area contributed by atoms with Crippen molar-refractivity contribution in [3.05, 3.63) is 28.2 Å². The van der Waals surface area contributed by atoms with Crippen molar-refractivity contribution in [2.45, 2.75) is 24.9 Å². The highest BCUT2D eigenvalue weighted by Crippen LogP contribution is 2.34. The molecule has 0 saturated heterocycles. The summed E-state index contributed by atoms with van der Waals surface area (Å²) in [7, 11) is 0.770. The average molecular weight is 354 g/mol. The van der Waals surface area contributed by atoms with E-state index in [2.05, 4.69) is 15.9 Å². The second kappa shape index (κ2) is 6.06. The summed E-state index contributed by atoms with van der Waals surface area (Å²) in [4.78, 5) is -0.598. The van der Waals surface area contributed by atoms with Crippen molar-refractivity contribution in [2.75, 3.05) is 0 Å². The fraction of sp³-hybridized carbons (Fsp3) is 0.333. The highest BCUT2D eigenvalue weighted by molar-refractivity contribution is 9.10. The Morgan fingerprint density at radius 2 is 1.71 bits per heavy atom. The maximum atomic E-state index is 12.2. The zero-order valence-corrected chi connectivity index (χ0v) is 12.0. The molecule has 0 radical (unpaired) electrons. The number of rotatable bonds is 1. The van der Waals surface area contributed by atoms with E-state index in [1.165, 1.54) is 0 Å². The minimum absolute atomic E-state index is 0.00880. The summed E-state index contributed by atoms with van der Waals surface area (Å²) in [5, 5.41) is 0. The summed E-state index contributed by atoms with van der Waals surface area (Å²) in [5.74, 6) is 0. The summed E-state index contributed by atoms with van der Waals surface area (Å²) < 4.78 is 58.5. The Morgan fingerprint density at radius 1 is 1.24 bits per heavy atom. The van der Waals surface area contributed by atoms with Crippen LogP contribution in [0, 0.1) is 0 Å². The maximum Gasteiger partial charge on any atom is 0.416 e. The molecule has 98 valence electrons. The van der Waals surface area contributed by atoms with Crippen molar-refractivity contribution in [1.29, 1.82) is 0 Å². The van der Waals surface area contributed by atoms with Crippen molar-refractivity contribution in [1.82, 2.24) is 0 Å². The number of hydrogen-bond donors (Lipinski definition) is 0. The molecule has 1 aromatic rings. The molecule has 2 nitrogen and oxygen atoms in total. The first-order valence-corrected chi connectivity index (χ1v) is 7.54. The predicted octanol–water partition coefficient (Wildman–Crippen LogP) is 4.42. The maximum absolute atomic E-state index is 12.2. The molecule has 0 saturated carbocycles. The number of alkyl halides is 3. The van der Waals surface area contributed by atoms with Crippen LogP contribution < -0.4 is 0 Å². The third-order valence-electron chi connectivity index (χ3n) is 1.52. The first kappa shape index (κ1) is 16.7. The zero-order chi connectivity index (χ0) is 13.9. The van der Waals surface area contributed by atoms with E-state index in [0.29, 0.717) is 6.07 Å². The largest absolute Gasteiger partial charge is 0.416 e. The van der Waals surface area contributed by atoms with E-state index in [4.69, 9.17) is 10.7 Å². The lowest BCUT2D eigenvalue weighted by atomic mass is 10.2. The Bertz CT molecular complexity index is 486. The van der Waals surface area contributed by atoms with Gasteiger partial charge in [0.2, 0.25) is 0 Å². The Hall–Kier alpha value is -0.270. The van der Waals surface area contributed by atoms with Gasteiger partial charge in [0.25, 0.3) is 9.05 Å². The highest BCUT2D eigenvalue weighted by atomic mass is 79.9. The lowest BCUT2D eigenvalue weighted by molar-refractivity contribution is -0.137. The lowest BCUT2D eigenvalue weighted by Crippen LogP contribution is -2.06. The average Bonchev–Trinajstić information content (AvgIpc) is 2.17. The Labute approximate surface area is 110 Å². The van der Waals surface area contributed by atoms with Crippen LogP contribution in [0.2, 0.25) is 0 Å². The molecule has 0 amide bonds. The van der Waals surface area contributed by atoms with Gasteiger partial charge >= 0.3 is 6.18 Å². The van der Waals surface area contributed by atoms with Gasteiger partial charge in [-0.1, -0.05) is 13.8 Å². The number of hydrogen-bond acceptors (Lipinski definition) is 2. The van der Waals surface area contributed by atoms with Crippen LogP contribution in [0.25, 0.3) is 0 Å². The fourth-order valence-corrected chi connectivity index (χ4v) is 2.98. The van der Waals surface area contributed by atoms with Gasteiger partial charge in [-0.3, -0.25) is 0 Å². The van der Waals surface area contributed by atoms with Crippen LogP contribution in [0.5, 0.6) is 0 Å². The molecule has 1 aromatic carbocycles. The van der Waals surface area contributed by atoms with Gasteiger partial charge in [0.1, 0.15) is 0 Å². The molecule has 0 heterocycles. The van der Waals surface area contributed by atoms with Crippen molar-refractivity contribution < 1.29 is 21.6 Å². The van der Waals surface area contributed by atoms with Gasteiger partial charge < -0.3 is 0 Å². The Kier molecular flexibility index (Phi) is 5.96.